The van der Waals surface area contributed by atoms with Gasteiger partial charge < -0.3 is 15.2 Å². The smallest absolute Gasteiger partial charge is 0.323 e. The molecule has 0 saturated heterocycles. The van der Waals surface area contributed by atoms with Crippen molar-refractivity contribution in [2.75, 3.05) is 20.3 Å². The summed E-state index contributed by atoms with van der Waals surface area (Å²) in [6.07, 6.45) is 7.29. The minimum atomic E-state index is -0.781. The zero-order valence-corrected chi connectivity index (χ0v) is 11.7. The minimum absolute atomic E-state index is 0.599. The van der Waals surface area contributed by atoms with Crippen LogP contribution >= 0.6 is 0 Å². The summed E-state index contributed by atoms with van der Waals surface area (Å²) in [5.74, 6) is -0.0204. The quantitative estimate of drug-likeness (QED) is 0.623. The van der Waals surface area contributed by atoms with Gasteiger partial charge in [-0.15, -0.1) is 0 Å². The highest BCUT2D eigenvalue weighted by Crippen LogP contribution is 2.25. The first-order chi connectivity index (χ1) is 8.64. The summed E-state index contributed by atoms with van der Waals surface area (Å²) in [6.45, 7) is 3.43. The standard InChI is InChI=1S/C14H27NO3/c1-3-14(15-2,13(16)17)9-6-10-18-11-12-7-4-5-8-12/h12,15H,3-11H2,1-2H3,(H,16,17). The van der Waals surface area contributed by atoms with E-state index in [-0.39, 0.29) is 0 Å². The van der Waals surface area contributed by atoms with Crippen LogP contribution in [-0.4, -0.2) is 36.9 Å². The third kappa shape index (κ3) is 4.25. The van der Waals surface area contributed by atoms with Crippen molar-refractivity contribution >= 4 is 5.97 Å². The molecule has 0 aromatic heterocycles. The van der Waals surface area contributed by atoms with Crippen molar-refractivity contribution in [3.05, 3.63) is 0 Å². The first-order valence-electron chi connectivity index (χ1n) is 7.14. The molecule has 1 aliphatic rings. The molecule has 1 rings (SSSR count). The molecule has 4 nitrogen and oxygen atoms in total. The third-order valence-corrected chi connectivity index (χ3v) is 4.21. The van der Waals surface area contributed by atoms with Crippen LogP contribution < -0.4 is 5.32 Å². The monoisotopic (exact) mass is 257 g/mol. The minimum Gasteiger partial charge on any atom is -0.480 e. The molecule has 0 radical (unpaired) electrons. The van der Waals surface area contributed by atoms with E-state index < -0.39 is 11.5 Å². The average molecular weight is 257 g/mol. The second-order valence-electron chi connectivity index (χ2n) is 5.32. The summed E-state index contributed by atoms with van der Waals surface area (Å²) >= 11 is 0. The Kier molecular flexibility index (Phi) is 6.65. The molecule has 0 heterocycles. The van der Waals surface area contributed by atoms with Gasteiger partial charge >= 0.3 is 5.97 Å². The van der Waals surface area contributed by atoms with Crippen LogP contribution in [0.1, 0.15) is 51.9 Å². The van der Waals surface area contributed by atoms with E-state index in [1.54, 1.807) is 7.05 Å². The van der Waals surface area contributed by atoms with Gasteiger partial charge in [0.2, 0.25) is 0 Å². The summed E-state index contributed by atoms with van der Waals surface area (Å²) < 4.78 is 5.66. The largest absolute Gasteiger partial charge is 0.480 e. The van der Waals surface area contributed by atoms with Crippen molar-refractivity contribution in [1.82, 2.24) is 5.32 Å². The van der Waals surface area contributed by atoms with Gasteiger partial charge in [-0.2, -0.15) is 0 Å². The predicted octanol–water partition coefficient (Wildman–Crippen LogP) is 2.43. The molecule has 0 amide bonds. The second-order valence-corrected chi connectivity index (χ2v) is 5.32. The fourth-order valence-corrected chi connectivity index (χ4v) is 2.75. The van der Waals surface area contributed by atoms with Crippen molar-refractivity contribution in [3.63, 3.8) is 0 Å². The van der Waals surface area contributed by atoms with E-state index in [2.05, 4.69) is 5.32 Å². The lowest BCUT2D eigenvalue weighted by atomic mass is 9.91. The first-order valence-corrected chi connectivity index (χ1v) is 7.14. The highest BCUT2D eigenvalue weighted by Gasteiger charge is 2.34. The fourth-order valence-electron chi connectivity index (χ4n) is 2.75. The molecule has 0 aromatic rings. The van der Waals surface area contributed by atoms with E-state index in [1.165, 1.54) is 25.7 Å². The molecule has 18 heavy (non-hydrogen) atoms. The van der Waals surface area contributed by atoms with Crippen LogP contribution in [0.5, 0.6) is 0 Å². The molecule has 1 fully saturated rings. The molecule has 0 aliphatic heterocycles. The maximum absolute atomic E-state index is 11.3. The first kappa shape index (κ1) is 15.4. The number of carboxylic acid groups (broad SMARTS) is 1. The molecule has 1 saturated carbocycles. The normalized spacial score (nSPS) is 19.9. The molecular formula is C14H27NO3. The number of rotatable bonds is 9. The number of nitrogens with one attached hydrogen (secondary N) is 1. The van der Waals surface area contributed by atoms with Crippen molar-refractivity contribution in [2.45, 2.75) is 57.4 Å². The Bertz CT molecular complexity index is 245. The van der Waals surface area contributed by atoms with Crippen molar-refractivity contribution in [1.29, 1.82) is 0 Å². The van der Waals surface area contributed by atoms with Crippen LogP contribution in [0.15, 0.2) is 0 Å². The Labute approximate surface area is 110 Å². The van der Waals surface area contributed by atoms with Gasteiger partial charge in [-0.1, -0.05) is 19.8 Å². The molecule has 1 atom stereocenters. The van der Waals surface area contributed by atoms with Crippen LogP contribution in [0.4, 0.5) is 0 Å². The van der Waals surface area contributed by atoms with Gasteiger partial charge in [0.1, 0.15) is 5.54 Å². The zero-order chi connectivity index (χ0) is 13.4. The number of carboxylic acids is 1. The number of likely N-dealkylation sites (N-methyl/N-ethyl adjacent to an activating group) is 1. The van der Waals surface area contributed by atoms with Crippen molar-refractivity contribution in [3.8, 4) is 0 Å². The lowest BCUT2D eigenvalue weighted by Crippen LogP contribution is -2.49. The van der Waals surface area contributed by atoms with Gasteiger partial charge in [0.25, 0.3) is 0 Å². The fraction of sp³-hybridized carbons (Fsp3) is 0.929. The van der Waals surface area contributed by atoms with E-state index in [0.29, 0.717) is 19.4 Å². The predicted molar refractivity (Wildman–Crippen MR) is 71.7 cm³/mol. The number of carbonyl (C=O) groups is 1. The van der Waals surface area contributed by atoms with Crippen LogP contribution in [0, 0.1) is 5.92 Å². The molecule has 4 heteroatoms. The average Bonchev–Trinajstić information content (AvgIpc) is 2.87. The van der Waals surface area contributed by atoms with Crippen molar-refractivity contribution < 1.29 is 14.6 Å². The molecule has 1 aliphatic carbocycles. The van der Waals surface area contributed by atoms with Gasteiger partial charge in [-0.3, -0.25) is 4.79 Å². The highest BCUT2D eigenvalue weighted by atomic mass is 16.5. The van der Waals surface area contributed by atoms with E-state index in [4.69, 9.17) is 4.74 Å². The number of aliphatic carboxylic acids is 1. The summed E-state index contributed by atoms with van der Waals surface area (Å²) in [5, 5.41) is 12.2. The topological polar surface area (TPSA) is 58.6 Å². The Morgan fingerprint density at radius 2 is 2.11 bits per heavy atom. The van der Waals surface area contributed by atoms with Gasteiger partial charge in [-0.05, 0) is 45.1 Å². The highest BCUT2D eigenvalue weighted by molar-refractivity contribution is 5.78. The summed E-state index contributed by atoms with van der Waals surface area (Å²) in [7, 11) is 1.72. The molecule has 0 bridgehead atoms. The van der Waals surface area contributed by atoms with E-state index >= 15 is 0 Å². The van der Waals surface area contributed by atoms with Crippen LogP contribution in [0.25, 0.3) is 0 Å². The summed E-state index contributed by atoms with van der Waals surface area (Å²) in [4.78, 5) is 11.3. The lowest BCUT2D eigenvalue weighted by Gasteiger charge is -2.27. The van der Waals surface area contributed by atoms with E-state index in [1.807, 2.05) is 6.92 Å². The molecule has 1 unspecified atom stereocenters. The van der Waals surface area contributed by atoms with Crippen LogP contribution in [0.3, 0.4) is 0 Å². The number of hydrogen-bond donors (Lipinski definition) is 2. The maximum Gasteiger partial charge on any atom is 0.323 e. The van der Waals surface area contributed by atoms with Gasteiger partial charge in [0, 0.05) is 13.2 Å². The lowest BCUT2D eigenvalue weighted by molar-refractivity contribution is -0.145. The van der Waals surface area contributed by atoms with Crippen LogP contribution in [0.2, 0.25) is 0 Å². The SMILES string of the molecule is CCC(CCCOCC1CCCC1)(NC)C(=O)O. The number of ether oxygens (including phenoxy) is 1. The Morgan fingerprint density at radius 1 is 1.44 bits per heavy atom. The third-order valence-electron chi connectivity index (χ3n) is 4.21. The summed E-state index contributed by atoms with van der Waals surface area (Å²) in [6, 6.07) is 0. The van der Waals surface area contributed by atoms with Crippen molar-refractivity contribution in [2.24, 2.45) is 5.92 Å². The molecule has 0 aromatic carbocycles. The zero-order valence-electron chi connectivity index (χ0n) is 11.7. The second kappa shape index (κ2) is 7.74. The van der Waals surface area contributed by atoms with E-state index in [0.717, 1.165) is 18.9 Å². The maximum atomic E-state index is 11.3. The van der Waals surface area contributed by atoms with Crippen LogP contribution in [-0.2, 0) is 9.53 Å². The number of hydrogen-bond acceptors (Lipinski definition) is 3. The molecule has 0 spiro atoms. The Morgan fingerprint density at radius 3 is 2.61 bits per heavy atom. The van der Waals surface area contributed by atoms with E-state index in [9.17, 15) is 9.90 Å². The molecule has 2 N–H and O–H groups in total. The van der Waals surface area contributed by atoms with Gasteiger partial charge in [0.05, 0.1) is 0 Å². The summed E-state index contributed by atoms with van der Waals surface area (Å²) in [5.41, 5.74) is -0.781. The molecule has 106 valence electrons. The van der Waals surface area contributed by atoms with Gasteiger partial charge in [-0.25, -0.2) is 0 Å². The van der Waals surface area contributed by atoms with Gasteiger partial charge in [0.15, 0.2) is 0 Å². The Hall–Kier alpha value is -0.610. The molecular weight excluding hydrogens is 230 g/mol. The Balaban J connectivity index is 2.16.